The minimum Gasteiger partial charge on any atom is -0.452 e. The minimum atomic E-state index is -0.572. The third-order valence-corrected chi connectivity index (χ3v) is 4.05. The summed E-state index contributed by atoms with van der Waals surface area (Å²) >= 11 is 0. The first kappa shape index (κ1) is 18.3. The van der Waals surface area contributed by atoms with Crippen LogP contribution in [0.3, 0.4) is 0 Å². The Morgan fingerprint density at radius 2 is 1.63 bits per heavy atom. The van der Waals surface area contributed by atoms with E-state index in [0.717, 1.165) is 11.1 Å². The summed E-state index contributed by atoms with van der Waals surface area (Å²) in [7, 11) is 0. The van der Waals surface area contributed by atoms with Gasteiger partial charge in [-0.3, -0.25) is 9.78 Å². The van der Waals surface area contributed by atoms with Crippen molar-refractivity contribution in [3.05, 3.63) is 102 Å². The summed E-state index contributed by atoms with van der Waals surface area (Å²) in [5, 5.41) is 2.96. The Morgan fingerprint density at radius 3 is 2.30 bits per heavy atom. The number of rotatable bonds is 7. The fraction of sp³-hybridized carbons (Fsp3) is 0.136. The molecule has 0 unspecified atom stereocenters. The molecule has 27 heavy (non-hydrogen) atoms. The molecule has 0 radical (unpaired) electrons. The number of carbonyl (C=O) groups is 2. The third-order valence-electron chi connectivity index (χ3n) is 4.05. The molecule has 1 amide bonds. The lowest BCUT2D eigenvalue weighted by Gasteiger charge is -2.19. The van der Waals surface area contributed by atoms with Crippen molar-refractivity contribution in [2.75, 3.05) is 6.61 Å². The minimum absolute atomic E-state index is 0.210. The number of nitrogens with zero attached hydrogens (tertiary/aromatic N) is 1. The van der Waals surface area contributed by atoms with Gasteiger partial charge in [-0.2, -0.15) is 0 Å². The molecule has 1 N–H and O–H groups in total. The monoisotopic (exact) mass is 360 g/mol. The Hall–Kier alpha value is -3.47. The van der Waals surface area contributed by atoms with Gasteiger partial charge in [0, 0.05) is 12.4 Å². The smallest absolute Gasteiger partial charge is 0.340 e. The number of hydrogen-bond acceptors (Lipinski definition) is 4. The Bertz CT molecular complexity index is 868. The topological polar surface area (TPSA) is 68.3 Å². The second-order valence-corrected chi connectivity index (χ2v) is 6.04. The van der Waals surface area contributed by atoms with Gasteiger partial charge in [-0.15, -0.1) is 0 Å². The van der Waals surface area contributed by atoms with Crippen molar-refractivity contribution in [2.45, 2.75) is 12.5 Å². The number of carbonyl (C=O) groups excluding carboxylic acids is 2. The van der Waals surface area contributed by atoms with Crippen molar-refractivity contribution in [1.29, 1.82) is 0 Å². The van der Waals surface area contributed by atoms with E-state index in [-0.39, 0.29) is 18.6 Å². The number of aromatic nitrogens is 1. The predicted molar refractivity (Wildman–Crippen MR) is 102 cm³/mol. The summed E-state index contributed by atoms with van der Waals surface area (Å²) in [6.07, 6.45) is 3.62. The van der Waals surface area contributed by atoms with Crippen molar-refractivity contribution in [2.24, 2.45) is 0 Å². The predicted octanol–water partition coefficient (Wildman–Crippen LogP) is 3.34. The number of pyridine rings is 1. The van der Waals surface area contributed by atoms with Crippen LogP contribution >= 0.6 is 0 Å². The van der Waals surface area contributed by atoms with Crippen LogP contribution in [0.4, 0.5) is 0 Å². The molecule has 0 aliphatic heterocycles. The van der Waals surface area contributed by atoms with Crippen LogP contribution in [0.25, 0.3) is 0 Å². The molecule has 136 valence electrons. The zero-order valence-electron chi connectivity index (χ0n) is 14.7. The van der Waals surface area contributed by atoms with Crippen LogP contribution in [0, 0.1) is 0 Å². The molecule has 0 aliphatic rings. The van der Waals surface area contributed by atoms with Crippen molar-refractivity contribution >= 4 is 11.9 Å². The van der Waals surface area contributed by atoms with Crippen LogP contribution in [-0.2, 0) is 16.0 Å². The van der Waals surface area contributed by atoms with E-state index in [2.05, 4.69) is 10.3 Å². The van der Waals surface area contributed by atoms with Crippen LogP contribution in [0.1, 0.15) is 27.5 Å². The molecule has 0 saturated carbocycles. The molecule has 2 aromatic carbocycles. The summed E-state index contributed by atoms with van der Waals surface area (Å²) < 4.78 is 5.09. The molecule has 0 saturated heterocycles. The highest BCUT2D eigenvalue weighted by Crippen LogP contribution is 2.18. The van der Waals surface area contributed by atoms with Gasteiger partial charge in [0.15, 0.2) is 6.61 Å². The SMILES string of the molecule is O=C(COC(=O)c1cccnc1)N[C@H](Cc1ccccc1)c1ccccc1. The molecule has 0 spiro atoms. The number of ether oxygens (including phenoxy) is 1. The molecule has 3 rings (SSSR count). The van der Waals surface area contributed by atoms with E-state index >= 15 is 0 Å². The second kappa shape index (κ2) is 9.29. The van der Waals surface area contributed by atoms with E-state index < -0.39 is 5.97 Å². The van der Waals surface area contributed by atoms with Gasteiger partial charge in [0.05, 0.1) is 11.6 Å². The molecule has 5 heteroatoms. The molecule has 3 aromatic rings. The summed E-state index contributed by atoms with van der Waals surface area (Å²) in [5.41, 5.74) is 2.42. The molecule has 1 atom stereocenters. The maximum atomic E-state index is 12.3. The van der Waals surface area contributed by atoms with Crippen molar-refractivity contribution in [3.63, 3.8) is 0 Å². The summed E-state index contributed by atoms with van der Waals surface area (Å²) in [6, 6.07) is 22.7. The number of esters is 1. The van der Waals surface area contributed by atoms with Crippen LogP contribution in [0.2, 0.25) is 0 Å². The number of hydrogen-bond donors (Lipinski definition) is 1. The normalized spacial score (nSPS) is 11.4. The number of benzene rings is 2. The van der Waals surface area contributed by atoms with E-state index in [1.807, 2.05) is 60.7 Å². The first-order valence-electron chi connectivity index (χ1n) is 8.68. The van der Waals surface area contributed by atoms with Gasteiger partial charge in [0.2, 0.25) is 0 Å². The molecule has 0 fully saturated rings. The summed E-state index contributed by atoms with van der Waals surface area (Å²) in [5.74, 6) is -0.922. The lowest BCUT2D eigenvalue weighted by atomic mass is 9.99. The first-order chi connectivity index (χ1) is 13.2. The Balaban J connectivity index is 1.63. The molecule has 0 bridgehead atoms. The van der Waals surface area contributed by atoms with Crippen LogP contribution < -0.4 is 5.32 Å². The van der Waals surface area contributed by atoms with Gasteiger partial charge in [0.25, 0.3) is 5.91 Å². The Kier molecular flexibility index (Phi) is 6.30. The van der Waals surface area contributed by atoms with Crippen LogP contribution in [0.15, 0.2) is 85.2 Å². The fourth-order valence-electron chi connectivity index (χ4n) is 2.72. The number of amides is 1. The maximum Gasteiger partial charge on any atom is 0.340 e. The zero-order valence-corrected chi connectivity index (χ0v) is 14.7. The average Bonchev–Trinajstić information content (AvgIpc) is 2.73. The molecule has 1 aromatic heterocycles. The van der Waals surface area contributed by atoms with Gasteiger partial charge in [0.1, 0.15) is 0 Å². The summed E-state index contributed by atoms with van der Waals surface area (Å²) in [6.45, 7) is -0.341. The Labute approximate surface area is 158 Å². The highest BCUT2D eigenvalue weighted by molar-refractivity contribution is 5.91. The van der Waals surface area contributed by atoms with Crippen LogP contribution in [-0.4, -0.2) is 23.5 Å². The van der Waals surface area contributed by atoms with Crippen molar-refractivity contribution in [3.8, 4) is 0 Å². The molecule has 5 nitrogen and oxygen atoms in total. The average molecular weight is 360 g/mol. The van der Waals surface area contributed by atoms with Crippen LogP contribution in [0.5, 0.6) is 0 Å². The van der Waals surface area contributed by atoms with Gasteiger partial charge < -0.3 is 10.1 Å². The van der Waals surface area contributed by atoms with E-state index in [4.69, 9.17) is 4.74 Å². The molecule has 0 aliphatic carbocycles. The molecular weight excluding hydrogens is 340 g/mol. The van der Waals surface area contributed by atoms with E-state index in [0.29, 0.717) is 12.0 Å². The summed E-state index contributed by atoms with van der Waals surface area (Å²) in [4.78, 5) is 28.2. The maximum absolute atomic E-state index is 12.3. The Morgan fingerprint density at radius 1 is 0.926 bits per heavy atom. The van der Waals surface area contributed by atoms with Gasteiger partial charge in [-0.25, -0.2) is 4.79 Å². The van der Waals surface area contributed by atoms with E-state index in [1.165, 1.54) is 6.20 Å². The lowest BCUT2D eigenvalue weighted by Crippen LogP contribution is -2.33. The van der Waals surface area contributed by atoms with E-state index in [1.54, 1.807) is 18.3 Å². The van der Waals surface area contributed by atoms with Gasteiger partial charge >= 0.3 is 5.97 Å². The second-order valence-electron chi connectivity index (χ2n) is 6.04. The molecular formula is C22H20N2O3. The van der Waals surface area contributed by atoms with E-state index in [9.17, 15) is 9.59 Å². The highest BCUT2D eigenvalue weighted by Gasteiger charge is 2.17. The standard InChI is InChI=1S/C22H20N2O3/c25-21(16-27-22(26)19-12-7-13-23-15-19)24-20(18-10-5-2-6-11-18)14-17-8-3-1-4-9-17/h1-13,15,20H,14,16H2,(H,24,25)/t20-/m1/s1. The third kappa shape index (κ3) is 5.51. The van der Waals surface area contributed by atoms with Gasteiger partial charge in [-0.05, 0) is 29.7 Å². The number of nitrogens with one attached hydrogen (secondary N) is 1. The fourth-order valence-corrected chi connectivity index (χ4v) is 2.72. The zero-order chi connectivity index (χ0) is 18.9. The van der Waals surface area contributed by atoms with Crippen molar-refractivity contribution in [1.82, 2.24) is 10.3 Å². The lowest BCUT2D eigenvalue weighted by molar-refractivity contribution is -0.125. The highest BCUT2D eigenvalue weighted by atomic mass is 16.5. The first-order valence-corrected chi connectivity index (χ1v) is 8.68. The quantitative estimate of drug-likeness (QED) is 0.656. The van der Waals surface area contributed by atoms with Crippen molar-refractivity contribution < 1.29 is 14.3 Å². The largest absolute Gasteiger partial charge is 0.452 e. The molecule has 1 heterocycles. The van der Waals surface area contributed by atoms with Gasteiger partial charge in [-0.1, -0.05) is 60.7 Å².